The van der Waals surface area contributed by atoms with Gasteiger partial charge >= 0.3 is 0 Å². The van der Waals surface area contributed by atoms with E-state index in [1.54, 1.807) is 11.8 Å². The SMILES string of the molecule is CSC(C)=NC(C)c1ccccc1. The largest absolute Gasteiger partial charge is 0.275 e. The van der Waals surface area contributed by atoms with Crippen molar-refractivity contribution in [2.45, 2.75) is 19.9 Å². The Hall–Kier alpha value is -0.760. The van der Waals surface area contributed by atoms with Crippen LogP contribution in [0.25, 0.3) is 0 Å². The lowest BCUT2D eigenvalue weighted by molar-refractivity contribution is 0.823. The molecule has 1 aromatic carbocycles. The number of aliphatic imine (C=N–C) groups is 1. The molecule has 0 saturated heterocycles. The lowest BCUT2D eigenvalue weighted by Crippen LogP contribution is -1.92. The van der Waals surface area contributed by atoms with Crippen molar-refractivity contribution in [1.82, 2.24) is 0 Å². The molecule has 1 unspecified atom stereocenters. The Morgan fingerprint density at radius 3 is 2.46 bits per heavy atom. The summed E-state index contributed by atoms with van der Waals surface area (Å²) in [7, 11) is 0. The molecule has 0 bridgehead atoms. The van der Waals surface area contributed by atoms with Crippen molar-refractivity contribution in [3.63, 3.8) is 0 Å². The Balaban J connectivity index is 2.75. The van der Waals surface area contributed by atoms with Gasteiger partial charge in [0.2, 0.25) is 0 Å². The van der Waals surface area contributed by atoms with Gasteiger partial charge in [-0.25, -0.2) is 0 Å². The minimum absolute atomic E-state index is 0.272. The number of nitrogens with zero attached hydrogens (tertiary/aromatic N) is 1. The second-order valence-electron chi connectivity index (χ2n) is 2.94. The van der Waals surface area contributed by atoms with Crippen LogP contribution in [-0.4, -0.2) is 11.3 Å². The topological polar surface area (TPSA) is 12.4 Å². The number of rotatable bonds is 2. The van der Waals surface area contributed by atoms with E-state index >= 15 is 0 Å². The Kier molecular flexibility index (Phi) is 4.03. The van der Waals surface area contributed by atoms with Gasteiger partial charge in [0, 0.05) is 0 Å². The summed E-state index contributed by atoms with van der Waals surface area (Å²) >= 11 is 1.70. The van der Waals surface area contributed by atoms with Gasteiger partial charge in [-0.3, -0.25) is 4.99 Å². The number of hydrogen-bond donors (Lipinski definition) is 0. The average molecular weight is 193 g/mol. The van der Waals surface area contributed by atoms with Crippen LogP contribution in [0, 0.1) is 0 Å². The third kappa shape index (κ3) is 3.23. The average Bonchev–Trinajstić information content (AvgIpc) is 2.19. The van der Waals surface area contributed by atoms with Crippen molar-refractivity contribution in [3.8, 4) is 0 Å². The highest BCUT2D eigenvalue weighted by molar-refractivity contribution is 8.13. The third-order valence-electron chi connectivity index (χ3n) is 1.95. The molecule has 0 aliphatic heterocycles. The van der Waals surface area contributed by atoms with E-state index in [0.29, 0.717) is 0 Å². The van der Waals surface area contributed by atoms with Gasteiger partial charge < -0.3 is 0 Å². The summed E-state index contributed by atoms with van der Waals surface area (Å²) in [6.45, 7) is 4.17. The summed E-state index contributed by atoms with van der Waals surface area (Å²) < 4.78 is 0. The van der Waals surface area contributed by atoms with Crippen LogP contribution in [0.5, 0.6) is 0 Å². The molecule has 0 saturated carbocycles. The molecule has 0 radical (unpaired) electrons. The van der Waals surface area contributed by atoms with Crippen molar-refractivity contribution in [1.29, 1.82) is 0 Å². The summed E-state index contributed by atoms with van der Waals surface area (Å²) in [4.78, 5) is 4.55. The smallest absolute Gasteiger partial charge is 0.0730 e. The Labute approximate surface area is 84.3 Å². The molecule has 0 spiro atoms. The molecule has 0 fully saturated rings. The van der Waals surface area contributed by atoms with Crippen LogP contribution in [0.2, 0.25) is 0 Å². The van der Waals surface area contributed by atoms with E-state index in [9.17, 15) is 0 Å². The van der Waals surface area contributed by atoms with E-state index in [2.05, 4.69) is 42.4 Å². The van der Waals surface area contributed by atoms with Gasteiger partial charge in [-0.1, -0.05) is 30.3 Å². The highest BCUT2D eigenvalue weighted by atomic mass is 32.2. The van der Waals surface area contributed by atoms with Crippen LogP contribution < -0.4 is 0 Å². The molecule has 1 nitrogen and oxygen atoms in total. The fourth-order valence-corrected chi connectivity index (χ4v) is 1.40. The zero-order valence-electron chi connectivity index (χ0n) is 8.32. The Morgan fingerprint density at radius 2 is 1.92 bits per heavy atom. The van der Waals surface area contributed by atoms with Gasteiger partial charge in [0.05, 0.1) is 11.1 Å². The van der Waals surface area contributed by atoms with E-state index in [-0.39, 0.29) is 6.04 Å². The van der Waals surface area contributed by atoms with Crippen molar-refractivity contribution in [2.24, 2.45) is 4.99 Å². The van der Waals surface area contributed by atoms with Crippen molar-refractivity contribution in [3.05, 3.63) is 35.9 Å². The van der Waals surface area contributed by atoms with Gasteiger partial charge in [-0.05, 0) is 25.7 Å². The molecule has 0 N–H and O–H groups in total. The van der Waals surface area contributed by atoms with Crippen LogP contribution in [0.3, 0.4) is 0 Å². The Morgan fingerprint density at radius 1 is 1.31 bits per heavy atom. The van der Waals surface area contributed by atoms with Crippen LogP contribution in [0.1, 0.15) is 25.5 Å². The first-order valence-electron chi connectivity index (χ1n) is 4.37. The van der Waals surface area contributed by atoms with Crippen molar-refractivity contribution in [2.75, 3.05) is 6.26 Å². The second kappa shape index (κ2) is 5.07. The lowest BCUT2D eigenvalue weighted by Gasteiger charge is -2.07. The minimum Gasteiger partial charge on any atom is -0.275 e. The molecule has 1 rings (SSSR count). The Bertz CT molecular complexity index is 279. The van der Waals surface area contributed by atoms with Gasteiger partial charge in [0.25, 0.3) is 0 Å². The first-order chi connectivity index (χ1) is 6.24. The zero-order valence-corrected chi connectivity index (χ0v) is 9.14. The molecule has 1 atom stereocenters. The molecule has 0 heterocycles. The maximum atomic E-state index is 4.55. The monoisotopic (exact) mass is 193 g/mol. The predicted molar refractivity (Wildman–Crippen MR) is 61.5 cm³/mol. The lowest BCUT2D eigenvalue weighted by atomic mass is 10.1. The van der Waals surface area contributed by atoms with E-state index in [4.69, 9.17) is 0 Å². The number of hydrogen-bond acceptors (Lipinski definition) is 2. The van der Waals surface area contributed by atoms with E-state index in [0.717, 1.165) is 5.04 Å². The second-order valence-corrected chi connectivity index (χ2v) is 3.94. The van der Waals surface area contributed by atoms with Gasteiger partial charge in [-0.2, -0.15) is 0 Å². The summed E-state index contributed by atoms with van der Waals surface area (Å²) in [5, 5.41) is 1.14. The van der Waals surface area contributed by atoms with Crippen molar-refractivity contribution < 1.29 is 0 Å². The number of benzene rings is 1. The van der Waals surface area contributed by atoms with Crippen LogP contribution >= 0.6 is 11.8 Å². The normalized spacial score (nSPS) is 14.2. The molecule has 2 heteroatoms. The molecule has 0 aliphatic carbocycles. The first-order valence-corrected chi connectivity index (χ1v) is 5.60. The molecule has 0 amide bonds. The summed E-state index contributed by atoms with van der Waals surface area (Å²) in [6, 6.07) is 10.6. The van der Waals surface area contributed by atoms with Crippen LogP contribution in [-0.2, 0) is 0 Å². The standard InChI is InChI=1S/C11H15NS/c1-9(12-10(2)13-3)11-7-5-4-6-8-11/h4-9H,1-3H3. The van der Waals surface area contributed by atoms with Crippen LogP contribution in [0.4, 0.5) is 0 Å². The van der Waals surface area contributed by atoms with Gasteiger partial charge in [0.15, 0.2) is 0 Å². The van der Waals surface area contributed by atoms with E-state index in [1.165, 1.54) is 5.56 Å². The molecular formula is C11H15NS. The molecule has 0 aliphatic rings. The van der Waals surface area contributed by atoms with Gasteiger partial charge in [0.1, 0.15) is 0 Å². The molecule has 13 heavy (non-hydrogen) atoms. The molecular weight excluding hydrogens is 178 g/mol. The van der Waals surface area contributed by atoms with Crippen LogP contribution in [0.15, 0.2) is 35.3 Å². The quantitative estimate of drug-likeness (QED) is 0.517. The molecule has 70 valence electrons. The van der Waals surface area contributed by atoms with Gasteiger partial charge in [-0.15, -0.1) is 11.8 Å². The summed E-state index contributed by atoms with van der Waals surface area (Å²) in [5.41, 5.74) is 1.27. The third-order valence-corrected chi connectivity index (χ3v) is 2.65. The van der Waals surface area contributed by atoms with E-state index < -0.39 is 0 Å². The summed E-state index contributed by atoms with van der Waals surface area (Å²) in [5.74, 6) is 0. The fraction of sp³-hybridized carbons (Fsp3) is 0.364. The number of thioether (sulfide) groups is 1. The highest BCUT2D eigenvalue weighted by Gasteiger charge is 2.01. The predicted octanol–water partition coefficient (Wildman–Crippen LogP) is 3.53. The molecule has 0 aromatic heterocycles. The maximum Gasteiger partial charge on any atom is 0.0730 e. The van der Waals surface area contributed by atoms with Crippen molar-refractivity contribution >= 4 is 16.8 Å². The van der Waals surface area contributed by atoms with E-state index in [1.807, 2.05) is 13.0 Å². The minimum atomic E-state index is 0.272. The fourth-order valence-electron chi connectivity index (χ4n) is 1.13. The first kappa shape index (κ1) is 10.3. The highest BCUT2D eigenvalue weighted by Crippen LogP contribution is 2.17. The molecule has 1 aromatic rings. The maximum absolute atomic E-state index is 4.55. The zero-order chi connectivity index (χ0) is 9.68. The summed E-state index contributed by atoms with van der Waals surface area (Å²) in [6.07, 6.45) is 2.05.